The third kappa shape index (κ3) is 5.87. The van der Waals surface area contributed by atoms with Gasteiger partial charge in [0.2, 0.25) is 0 Å². The molecule has 0 aliphatic carbocycles. The van der Waals surface area contributed by atoms with Crippen LogP contribution in [0.25, 0.3) is 10.4 Å². The minimum atomic E-state index is -0.596. The molecule has 2 atom stereocenters. The lowest BCUT2D eigenvalue weighted by Gasteiger charge is -2.42. The lowest BCUT2D eigenvalue weighted by Crippen LogP contribution is -2.51. The molecule has 32 heavy (non-hydrogen) atoms. The first-order valence-electron chi connectivity index (χ1n) is 10.5. The van der Waals surface area contributed by atoms with Gasteiger partial charge in [0.1, 0.15) is 5.60 Å². The van der Waals surface area contributed by atoms with Gasteiger partial charge in [0.15, 0.2) is 0 Å². The molecule has 7 nitrogen and oxygen atoms in total. The van der Waals surface area contributed by atoms with Crippen LogP contribution in [0.3, 0.4) is 0 Å². The summed E-state index contributed by atoms with van der Waals surface area (Å²) in [5, 5.41) is 5.24. The van der Waals surface area contributed by atoms with E-state index in [1.807, 2.05) is 63.2 Å². The van der Waals surface area contributed by atoms with Gasteiger partial charge in [-0.25, -0.2) is 4.79 Å². The number of benzene rings is 2. The molecule has 2 aromatic rings. The minimum absolute atomic E-state index is 0.329. The largest absolute Gasteiger partial charge is 0.444 e. The fraction of sp³-hybridized carbons (Fsp3) is 0.435. The van der Waals surface area contributed by atoms with Crippen LogP contribution in [0.4, 0.5) is 4.79 Å². The van der Waals surface area contributed by atoms with E-state index >= 15 is 0 Å². The zero-order valence-corrected chi connectivity index (χ0v) is 19.9. The summed E-state index contributed by atoms with van der Waals surface area (Å²) in [6.45, 7) is 7.66. The maximum atomic E-state index is 12.5. The molecule has 9 heteroatoms. The molecule has 1 amide bonds. The van der Waals surface area contributed by atoms with Gasteiger partial charge in [-0.15, -0.1) is 0 Å². The van der Waals surface area contributed by atoms with Crippen molar-refractivity contribution in [3.05, 3.63) is 80.1 Å². The minimum Gasteiger partial charge on any atom is -0.444 e. The molecule has 1 heterocycles. The number of nitrogens with zero attached hydrogens (tertiary/aromatic N) is 5. The molecule has 3 rings (SSSR count). The van der Waals surface area contributed by atoms with Crippen molar-refractivity contribution in [2.24, 2.45) is 5.11 Å². The Balaban J connectivity index is 1.93. The zero-order valence-electron chi connectivity index (χ0n) is 18.4. The van der Waals surface area contributed by atoms with E-state index in [1.165, 1.54) is 0 Å². The zero-order chi connectivity index (χ0) is 23.3. The average molecular weight is 476 g/mol. The highest BCUT2D eigenvalue weighted by molar-refractivity contribution is 6.31. The van der Waals surface area contributed by atoms with Crippen LogP contribution in [0, 0.1) is 0 Å². The van der Waals surface area contributed by atoms with Crippen LogP contribution in [-0.2, 0) is 4.74 Å². The van der Waals surface area contributed by atoms with Gasteiger partial charge in [-0.3, -0.25) is 4.90 Å². The summed E-state index contributed by atoms with van der Waals surface area (Å²) in [5.74, 6) is 0. The molecule has 1 aliphatic heterocycles. The highest BCUT2D eigenvalue weighted by atomic mass is 35.5. The molecular formula is C23H27Cl2N5O2. The number of hydrogen-bond donors (Lipinski definition) is 0. The van der Waals surface area contributed by atoms with E-state index in [0.717, 1.165) is 11.1 Å². The summed E-state index contributed by atoms with van der Waals surface area (Å²) in [7, 11) is 0. The maximum absolute atomic E-state index is 12.5. The van der Waals surface area contributed by atoms with Crippen LogP contribution in [-0.4, -0.2) is 47.7 Å². The second-order valence-corrected chi connectivity index (χ2v) is 9.46. The van der Waals surface area contributed by atoms with E-state index in [-0.39, 0.29) is 12.1 Å². The Bertz CT molecular complexity index is 996. The molecule has 0 N–H and O–H groups in total. The Labute approximate surface area is 198 Å². The molecule has 1 fully saturated rings. The van der Waals surface area contributed by atoms with E-state index < -0.39 is 11.6 Å². The monoisotopic (exact) mass is 475 g/mol. The number of amides is 1. The smallest absolute Gasteiger partial charge is 0.410 e. The molecule has 2 aromatic carbocycles. The summed E-state index contributed by atoms with van der Waals surface area (Å²) in [4.78, 5) is 19.5. The number of carbonyl (C=O) groups excluding carboxylic acids is 1. The first-order chi connectivity index (χ1) is 15.2. The van der Waals surface area contributed by atoms with Gasteiger partial charge in [-0.2, -0.15) is 0 Å². The predicted octanol–water partition coefficient (Wildman–Crippen LogP) is 6.64. The second kappa shape index (κ2) is 10.5. The first-order valence-corrected chi connectivity index (χ1v) is 11.2. The van der Waals surface area contributed by atoms with Gasteiger partial charge in [0.05, 0.1) is 6.04 Å². The second-order valence-electron chi connectivity index (χ2n) is 8.64. The molecule has 0 saturated carbocycles. The van der Waals surface area contributed by atoms with E-state index in [0.29, 0.717) is 36.2 Å². The summed E-state index contributed by atoms with van der Waals surface area (Å²) in [6.07, 6.45) is -0.329. The Morgan fingerprint density at radius 3 is 2.03 bits per heavy atom. The number of halogens is 2. The fourth-order valence-electron chi connectivity index (χ4n) is 3.86. The topological polar surface area (TPSA) is 81.5 Å². The Morgan fingerprint density at radius 2 is 1.53 bits per heavy atom. The lowest BCUT2D eigenvalue weighted by molar-refractivity contribution is 0.00872. The first kappa shape index (κ1) is 24.2. The standard InChI is InChI=1S/C23H27Cl2N5O2/c1-23(2,3)32-22(31)30-14-12-29(13-15-30)21(17-9-5-7-11-19(17)25)20(27-28-26)16-8-4-6-10-18(16)24/h4-11,20-21H,12-15H2,1-3H3/t20-,21+/m0/s1. The molecule has 0 spiro atoms. The van der Waals surface area contributed by atoms with Crippen LogP contribution < -0.4 is 0 Å². The number of rotatable bonds is 5. The molecule has 0 radical (unpaired) electrons. The normalized spacial score (nSPS) is 16.7. The van der Waals surface area contributed by atoms with Crippen molar-refractivity contribution in [1.82, 2.24) is 9.80 Å². The summed E-state index contributed by atoms with van der Waals surface area (Å²) in [5.41, 5.74) is 10.4. The molecule has 0 unspecified atom stereocenters. The van der Waals surface area contributed by atoms with Crippen molar-refractivity contribution < 1.29 is 9.53 Å². The SMILES string of the molecule is CC(C)(C)OC(=O)N1CCN([C@H](c2ccccc2Cl)[C@@H](N=[N+]=[N-])c2ccccc2Cl)CC1. The van der Waals surface area contributed by atoms with Gasteiger partial charge < -0.3 is 9.64 Å². The van der Waals surface area contributed by atoms with Crippen molar-refractivity contribution in [1.29, 1.82) is 0 Å². The molecule has 0 aromatic heterocycles. The van der Waals surface area contributed by atoms with Gasteiger partial charge in [0, 0.05) is 47.2 Å². The maximum Gasteiger partial charge on any atom is 0.410 e. The van der Waals surface area contributed by atoms with Crippen LogP contribution in [0.5, 0.6) is 0 Å². The number of azide groups is 1. The molecule has 1 saturated heterocycles. The number of hydrogen-bond acceptors (Lipinski definition) is 4. The molecule has 170 valence electrons. The lowest BCUT2D eigenvalue weighted by atomic mass is 9.92. The van der Waals surface area contributed by atoms with Gasteiger partial charge in [-0.1, -0.05) is 64.7 Å². The number of carbonyl (C=O) groups is 1. The Kier molecular flexibility index (Phi) is 7.91. The third-order valence-electron chi connectivity index (χ3n) is 5.28. The van der Waals surface area contributed by atoms with E-state index in [9.17, 15) is 10.3 Å². The molecule has 0 bridgehead atoms. The highest BCUT2D eigenvalue weighted by Gasteiger charge is 2.35. The number of ether oxygens (including phenoxy) is 1. The summed E-state index contributed by atoms with van der Waals surface area (Å²) < 4.78 is 5.51. The van der Waals surface area contributed by atoms with Crippen molar-refractivity contribution >= 4 is 29.3 Å². The number of piperazine rings is 1. The fourth-order valence-corrected chi connectivity index (χ4v) is 4.35. The average Bonchev–Trinajstić information content (AvgIpc) is 2.74. The van der Waals surface area contributed by atoms with Gasteiger partial charge in [0.25, 0.3) is 0 Å². The predicted molar refractivity (Wildman–Crippen MR) is 127 cm³/mol. The van der Waals surface area contributed by atoms with E-state index in [2.05, 4.69) is 14.9 Å². The molecular weight excluding hydrogens is 449 g/mol. The Morgan fingerprint density at radius 1 is 1.00 bits per heavy atom. The van der Waals surface area contributed by atoms with Crippen LogP contribution in [0.2, 0.25) is 10.0 Å². The van der Waals surface area contributed by atoms with Crippen molar-refractivity contribution in [3.63, 3.8) is 0 Å². The van der Waals surface area contributed by atoms with Crippen LogP contribution in [0.15, 0.2) is 53.6 Å². The quantitative estimate of drug-likeness (QED) is 0.276. The summed E-state index contributed by atoms with van der Waals surface area (Å²) in [6, 6.07) is 13.9. The van der Waals surface area contributed by atoms with Crippen molar-refractivity contribution in [3.8, 4) is 0 Å². The molecule has 1 aliphatic rings. The van der Waals surface area contributed by atoms with Crippen molar-refractivity contribution in [2.75, 3.05) is 26.2 Å². The van der Waals surface area contributed by atoms with Crippen LogP contribution in [0.1, 0.15) is 44.0 Å². The summed E-state index contributed by atoms with van der Waals surface area (Å²) >= 11 is 13.1. The highest BCUT2D eigenvalue weighted by Crippen LogP contribution is 2.42. The van der Waals surface area contributed by atoms with Gasteiger partial charge >= 0.3 is 6.09 Å². The third-order valence-corrected chi connectivity index (χ3v) is 5.97. The Hall–Kier alpha value is -2.44. The van der Waals surface area contributed by atoms with Crippen molar-refractivity contribution in [2.45, 2.75) is 38.5 Å². The van der Waals surface area contributed by atoms with E-state index in [4.69, 9.17) is 27.9 Å². The van der Waals surface area contributed by atoms with Gasteiger partial charge in [-0.05, 0) is 49.6 Å². The van der Waals surface area contributed by atoms with E-state index in [1.54, 1.807) is 11.0 Å². The van der Waals surface area contributed by atoms with Crippen LogP contribution >= 0.6 is 23.2 Å².